The minimum atomic E-state index is -0.529. The molecular formula is C18H23FN2O4. The summed E-state index contributed by atoms with van der Waals surface area (Å²) >= 11 is 0. The van der Waals surface area contributed by atoms with E-state index >= 15 is 0 Å². The largest absolute Gasteiger partial charge is 0.493 e. The SMILES string of the molecule is CCCCOc1c(OC)ccc2cc(C(=O)NCCCF)c(=O)[nH]c12. The maximum absolute atomic E-state index is 12.3. The van der Waals surface area contributed by atoms with Crippen molar-refractivity contribution in [2.45, 2.75) is 26.2 Å². The molecule has 0 atom stereocenters. The number of aromatic nitrogens is 1. The average Bonchev–Trinajstić information content (AvgIpc) is 2.61. The fraction of sp³-hybridized carbons (Fsp3) is 0.444. The maximum atomic E-state index is 12.3. The molecule has 2 aromatic rings. The molecule has 6 nitrogen and oxygen atoms in total. The Balaban J connectivity index is 2.40. The van der Waals surface area contributed by atoms with Gasteiger partial charge in [0.25, 0.3) is 11.5 Å². The summed E-state index contributed by atoms with van der Waals surface area (Å²) in [7, 11) is 1.53. The van der Waals surface area contributed by atoms with E-state index in [1.54, 1.807) is 12.1 Å². The number of pyridine rings is 1. The Morgan fingerprint density at radius 1 is 1.32 bits per heavy atom. The number of carbonyl (C=O) groups excluding carboxylic acids is 1. The number of hydrogen-bond donors (Lipinski definition) is 2. The van der Waals surface area contributed by atoms with Gasteiger partial charge in [0.2, 0.25) is 0 Å². The Labute approximate surface area is 145 Å². The molecule has 136 valence electrons. The Bertz CT molecular complexity index is 788. The molecule has 1 amide bonds. The highest BCUT2D eigenvalue weighted by molar-refractivity contribution is 5.98. The molecule has 25 heavy (non-hydrogen) atoms. The first-order valence-corrected chi connectivity index (χ1v) is 8.33. The number of alkyl halides is 1. The normalized spacial score (nSPS) is 10.7. The van der Waals surface area contributed by atoms with Crippen molar-refractivity contribution >= 4 is 16.8 Å². The van der Waals surface area contributed by atoms with E-state index in [1.807, 2.05) is 0 Å². The lowest BCUT2D eigenvalue weighted by molar-refractivity contribution is 0.0951. The number of H-pyrrole nitrogens is 1. The van der Waals surface area contributed by atoms with Gasteiger partial charge in [0.15, 0.2) is 11.5 Å². The molecular weight excluding hydrogens is 327 g/mol. The zero-order valence-electron chi connectivity index (χ0n) is 14.5. The number of amides is 1. The number of nitrogens with one attached hydrogen (secondary N) is 2. The second-order valence-corrected chi connectivity index (χ2v) is 5.57. The van der Waals surface area contributed by atoms with Gasteiger partial charge in [-0.3, -0.25) is 14.0 Å². The molecule has 1 aromatic carbocycles. The van der Waals surface area contributed by atoms with Gasteiger partial charge in [0.1, 0.15) is 5.56 Å². The van der Waals surface area contributed by atoms with E-state index in [0.717, 1.165) is 12.8 Å². The highest BCUT2D eigenvalue weighted by atomic mass is 19.1. The van der Waals surface area contributed by atoms with Crippen molar-refractivity contribution in [2.75, 3.05) is 26.9 Å². The van der Waals surface area contributed by atoms with Crippen LogP contribution in [0.25, 0.3) is 10.9 Å². The smallest absolute Gasteiger partial charge is 0.261 e. The number of fused-ring (bicyclic) bond motifs is 1. The monoisotopic (exact) mass is 350 g/mol. The number of carbonyl (C=O) groups is 1. The number of halogens is 1. The number of benzene rings is 1. The first-order valence-electron chi connectivity index (χ1n) is 8.33. The maximum Gasteiger partial charge on any atom is 0.261 e. The molecule has 7 heteroatoms. The fourth-order valence-electron chi connectivity index (χ4n) is 2.39. The molecule has 1 aromatic heterocycles. The Morgan fingerprint density at radius 3 is 2.80 bits per heavy atom. The highest BCUT2D eigenvalue weighted by Crippen LogP contribution is 2.34. The van der Waals surface area contributed by atoms with E-state index in [2.05, 4.69) is 17.2 Å². The quantitative estimate of drug-likeness (QED) is 0.682. The molecule has 0 aliphatic carbocycles. The van der Waals surface area contributed by atoms with Crippen molar-refractivity contribution in [3.63, 3.8) is 0 Å². The summed E-state index contributed by atoms with van der Waals surface area (Å²) in [5, 5.41) is 3.18. The first kappa shape index (κ1) is 18.8. The Kier molecular flexibility index (Phi) is 6.80. The average molecular weight is 350 g/mol. The summed E-state index contributed by atoms with van der Waals surface area (Å²) in [6, 6.07) is 4.98. The summed E-state index contributed by atoms with van der Waals surface area (Å²) in [6.07, 6.45) is 2.06. The van der Waals surface area contributed by atoms with Crippen molar-refractivity contribution in [2.24, 2.45) is 0 Å². The van der Waals surface area contributed by atoms with Crippen molar-refractivity contribution in [1.29, 1.82) is 0 Å². The van der Waals surface area contributed by atoms with Crippen molar-refractivity contribution in [3.05, 3.63) is 34.1 Å². The Morgan fingerprint density at radius 2 is 2.12 bits per heavy atom. The van der Waals surface area contributed by atoms with E-state index in [9.17, 15) is 14.0 Å². The lowest BCUT2D eigenvalue weighted by Crippen LogP contribution is -2.30. The highest BCUT2D eigenvalue weighted by Gasteiger charge is 2.16. The number of aromatic amines is 1. The van der Waals surface area contributed by atoms with Crippen LogP contribution in [0.4, 0.5) is 4.39 Å². The van der Waals surface area contributed by atoms with Gasteiger partial charge in [-0.25, -0.2) is 0 Å². The summed E-state index contributed by atoms with van der Waals surface area (Å²) in [5.41, 5.74) is -0.0596. The van der Waals surface area contributed by atoms with Gasteiger partial charge in [-0.2, -0.15) is 0 Å². The molecule has 0 aliphatic heterocycles. The summed E-state index contributed by atoms with van der Waals surface area (Å²) in [5.74, 6) is 0.440. The van der Waals surface area contributed by atoms with Crippen molar-refractivity contribution in [1.82, 2.24) is 10.3 Å². The lowest BCUT2D eigenvalue weighted by Gasteiger charge is -2.13. The molecule has 0 saturated carbocycles. The molecule has 0 radical (unpaired) electrons. The van der Waals surface area contributed by atoms with Crippen LogP contribution in [0.2, 0.25) is 0 Å². The second-order valence-electron chi connectivity index (χ2n) is 5.57. The van der Waals surface area contributed by atoms with Gasteiger partial charge in [0, 0.05) is 11.9 Å². The van der Waals surface area contributed by atoms with E-state index in [4.69, 9.17) is 9.47 Å². The Hall–Kier alpha value is -2.57. The van der Waals surface area contributed by atoms with Gasteiger partial charge in [0.05, 0.1) is 25.9 Å². The van der Waals surface area contributed by atoms with Crippen LogP contribution in [-0.2, 0) is 0 Å². The van der Waals surface area contributed by atoms with Crippen LogP contribution < -0.4 is 20.3 Å². The van der Waals surface area contributed by atoms with Gasteiger partial charge in [-0.1, -0.05) is 13.3 Å². The third-order valence-corrected chi connectivity index (χ3v) is 3.74. The van der Waals surface area contributed by atoms with Crippen LogP contribution in [0, 0.1) is 0 Å². The number of methoxy groups -OCH3 is 1. The van der Waals surface area contributed by atoms with Crippen molar-refractivity contribution < 1.29 is 18.7 Å². The van der Waals surface area contributed by atoms with Crippen LogP contribution >= 0.6 is 0 Å². The number of ether oxygens (including phenoxy) is 2. The standard InChI is InChI=1S/C18H23FN2O4/c1-3-4-10-25-16-14(24-2)7-6-12-11-13(18(23)21-15(12)16)17(22)20-9-5-8-19/h6-7,11H,3-5,8-10H2,1-2H3,(H,20,22)(H,21,23). The topological polar surface area (TPSA) is 80.4 Å². The van der Waals surface area contributed by atoms with Crippen LogP contribution in [0.15, 0.2) is 23.0 Å². The summed E-state index contributed by atoms with van der Waals surface area (Å²) < 4.78 is 23.2. The predicted octanol–water partition coefficient (Wildman–Crippen LogP) is 2.81. The van der Waals surface area contributed by atoms with E-state index in [1.165, 1.54) is 13.2 Å². The van der Waals surface area contributed by atoms with Crippen molar-refractivity contribution in [3.8, 4) is 11.5 Å². The molecule has 0 bridgehead atoms. The summed E-state index contributed by atoms with van der Waals surface area (Å²) in [6.45, 7) is 2.21. The molecule has 0 unspecified atom stereocenters. The number of rotatable bonds is 9. The van der Waals surface area contributed by atoms with E-state index in [-0.39, 0.29) is 18.5 Å². The molecule has 0 spiro atoms. The minimum absolute atomic E-state index is 0.0176. The molecule has 0 fully saturated rings. The van der Waals surface area contributed by atoms with E-state index in [0.29, 0.717) is 29.0 Å². The molecule has 0 saturated heterocycles. The van der Waals surface area contributed by atoms with Gasteiger partial charge in [-0.05, 0) is 31.0 Å². The third-order valence-electron chi connectivity index (χ3n) is 3.74. The van der Waals surface area contributed by atoms with Crippen LogP contribution in [-0.4, -0.2) is 37.8 Å². The van der Waals surface area contributed by atoms with E-state index < -0.39 is 18.1 Å². The predicted molar refractivity (Wildman–Crippen MR) is 94.4 cm³/mol. The molecule has 1 heterocycles. The molecule has 2 rings (SSSR count). The lowest BCUT2D eigenvalue weighted by atomic mass is 10.1. The van der Waals surface area contributed by atoms with Gasteiger partial charge < -0.3 is 19.8 Å². The second kappa shape index (κ2) is 9.05. The first-order chi connectivity index (χ1) is 12.1. The third kappa shape index (κ3) is 4.49. The molecule has 2 N–H and O–H groups in total. The van der Waals surface area contributed by atoms with Gasteiger partial charge in [-0.15, -0.1) is 0 Å². The van der Waals surface area contributed by atoms with Crippen LogP contribution in [0.3, 0.4) is 0 Å². The van der Waals surface area contributed by atoms with Crippen LogP contribution in [0.5, 0.6) is 11.5 Å². The van der Waals surface area contributed by atoms with Gasteiger partial charge >= 0.3 is 0 Å². The summed E-state index contributed by atoms with van der Waals surface area (Å²) in [4.78, 5) is 27.1. The number of hydrogen-bond acceptors (Lipinski definition) is 4. The molecule has 0 aliphatic rings. The van der Waals surface area contributed by atoms with Crippen LogP contribution in [0.1, 0.15) is 36.5 Å². The zero-order chi connectivity index (χ0) is 18.2. The minimum Gasteiger partial charge on any atom is -0.493 e. The fourth-order valence-corrected chi connectivity index (χ4v) is 2.39. The number of unbranched alkanes of at least 4 members (excludes halogenated alkanes) is 1. The zero-order valence-corrected chi connectivity index (χ0v) is 14.5.